The van der Waals surface area contributed by atoms with Gasteiger partial charge < -0.3 is 14.8 Å². The highest BCUT2D eigenvalue weighted by molar-refractivity contribution is 5.95. The molecule has 0 aliphatic rings. The Labute approximate surface area is 176 Å². The van der Waals surface area contributed by atoms with Crippen LogP contribution >= 0.6 is 0 Å². The average Bonchev–Trinajstić information content (AvgIpc) is 2.78. The molecule has 0 spiro atoms. The molecule has 0 atom stereocenters. The summed E-state index contributed by atoms with van der Waals surface area (Å²) in [4.78, 5) is 24.2. The Balaban J connectivity index is 1.46. The lowest BCUT2D eigenvalue weighted by Gasteiger charge is -2.08. The van der Waals surface area contributed by atoms with Crippen molar-refractivity contribution in [3.05, 3.63) is 90.0 Å². The van der Waals surface area contributed by atoms with Gasteiger partial charge in [0.1, 0.15) is 11.5 Å². The van der Waals surface area contributed by atoms with E-state index >= 15 is 0 Å². The van der Waals surface area contributed by atoms with E-state index in [1.54, 1.807) is 24.3 Å². The van der Waals surface area contributed by atoms with Crippen molar-refractivity contribution in [1.29, 1.82) is 0 Å². The van der Waals surface area contributed by atoms with E-state index in [2.05, 4.69) is 12.2 Å². The highest BCUT2D eigenvalue weighted by atomic mass is 16.5. The smallest absolute Gasteiger partial charge is 0.338 e. The largest absolute Gasteiger partial charge is 0.457 e. The van der Waals surface area contributed by atoms with Gasteiger partial charge in [-0.2, -0.15) is 0 Å². The van der Waals surface area contributed by atoms with Gasteiger partial charge in [0.2, 0.25) is 0 Å². The molecule has 0 bridgehead atoms. The second kappa shape index (κ2) is 10.8. The molecule has 3 rings (SSSR count). The molecule has 1 amide bonds. The lowest BCUT2D eigenvalue weighted by Crippen LogP contribution is -2.20. The zero-order chi connectivity index (χ0) is 21.2. The van der Waals surface area contributed by atoms with Gasteiger partial charge in [-0.1, -0.05) is 43.7 Å². The number of para-hydroxylation sites is 1. The van der Waals surface area contributed by atoms with Crippen molar-refractivity contribution in [2.24, 2.45) is 0 Å². The first-order valence-electron chi connectivity index (χ1n) is 10.0. The van der Waals surface area contributed by atoms with Gasteiger partial charge in [-0.15, -0.1) is 0 Å². The highest BCUT2D eigenvalue weighted by Crippen LogP contribution is 2.21. The Morgan fingerprint density at radius 2 is 1.50 bits per heavy atom. The maximum Gasteiger partial charge on any atom is 0.338 e. The summed E-state index contributed by atoms with van der Waals surface area (Å²) in [6.07, 6.45) is 3.31. The summed E-state index contributed by atoms with van der Waals surface area (Å²) in [5, 5.41) is 2.73. The number of aryl methyl sites for hydroxylation is 1. The fraction of sp³-hybridized carbons (Fsp3) is 0.200. The fourth-order valence-corrected chi connectivity index (χ4v) is 2.83. The first kappa shape index (κ1) is 21.1. The number of unbranched alkanes of at least 4 members (excludes halogenated alkanes) is 1. The van der Waals surface area contributed by atoms with E-state index in [0.29, 0.717) is 22.7 Å². The Kier molecular flexibility index (Phi) is 7.61. The number of rotatable bonds is 9. The van der Waals surface area contributed by atoms with Gasteiger partial charge in [-0.3, -0.25) is 4.79 Å². The van der Waals surface area contributed by atoms with Crippen molar-refractivity contribution in [2.75, 3.05) is 11.9 Å². The zero-order valence-electron chi connectivity index (χ0n) is 17.0. The van der Waals surface area contributed by atoms with Crippen LogP contribution < -0.4 is 10.1 Å². The maximum atomic E-state index is 12.2. The molecule has 0 aliphatic carbocycles. The van der Waals surface area contributed by atoms with E-state index in [1.807, 2.05) is 54.6 Å². The van der Waals surface area contributed by atoms with Crippen LogP contribution in [0.25, 0.3) is 0 Å². The Morgan fingerprint density at radius 1 is 0.833 bits per heavy atom. The summed E-state index contributed by atoms with van der Waals surface area (Å²) in [7, 11) is 0. The number of esters is 1. The Bertz CT molecular complexity index is 951. The molecule has 0 saturated heterocycles. The topological polar surface area (TPSA) is 64.6 Å². The molecule has 0 aromatic heterocycles. The number of hydrogen-bond donors (Lipinski definition) is 1. The van der Waals surface area contributed by atoms with Crippen LogP contribution in [0.15, 0.2) is 78.9 Å². The standard InChI is InChI=1S/C25H25NO4/c1-2-3-7-19-10-14-21(15-11-19)26-24(27)18-29-25(28)20-12-16-23(17-13-20)30-22-8-5-4-6-9-22/h4-6,8-17H,2-3,7,18H2,1H3,(H,26,27). The van der Waals surface area contributed by atoms with E-state index in [9.17, 15) is 9.59 Å². The Morgan fingerprint density at radius 3 is 2.17 bits per heavy atom. The lowest BCUT2D eigenvalue weighted by atomic mass is 10.1. The average molecular weight is 403 g/mol. The first-order valence-corrected chi connectivity index (χ1v) is 10.0. The van der Waals surface area contributed by atoms with Crippen molar-refractivity contribution < 1.29 is 19.1 Å². The van der Waals surface area contributed by atoms with Crippen molar-refractivity contribution in [3.8, 4) is 11.5 Å². The minimum atomic E-state index is -0.564. The van der Waals surface area contributed by atoms with Gasteiger partial charge in [-0.25, -0.2) is 4.79 Å². The summed E-state index contributed by atoms with van der Waals surface area (Å²) in [6, 6.07) is 23.7. The molecular formula is C25H25NO4. The molecule has 0 unspecified atom stereocenters. The van der Waals surface area contributed by atoms with Gasteiger partial charge in [0, 0.05) is 5.69 Å². The molecule has 0 heterocycles. The van der Waals surface area contributed by atoms with Gasteiger partial charge in [-0.05, 0) is 66.9 Å². The number of carbonyl (C=O) groups is 2. The van der Waals surface area contributed by atoms with E-state index < -0.39 is 5.97 Å². The molecule has 3 aromatic rings. The van der Waals surface area contributed by atoms with Crippen LogP contribution in [0, 0.1) is 0 Å². The molecule has 0 radical (unpaired) electrons. The first-order chi connectivity index (χ1) is 14.6. The van der Waals surface area contributed by atoms with Crippen molar-refractivity contribution in [2.45, 2.75) is 26.2 Å². The van der Waals surface area contributed by atoms with Gasteiger partial charge in [0.15, 0.2) is 6.61 Å². The molecular weight excluding hydrogens is 378 g/mol. The summed E-state index contributed by atoms with van der Waals surface area (Å²) in [5.74, 6) is 0.376. The zero-order valence-corrected chi connectivity index (χ0v) is 17.0. The molecule has 5 heteroatoms. The third kappa shape index (κ3) is 6.48. The van der Waals surface area contributed by atoms with E-state index in [0.717, 1.165) is 19.3 Å². The highest BCUT2D eigenvalue weighted by Gasteiger charge is 2.11. The third-order valence-corrected chi connectivity index (χ3v) is 4.46. The van der Waals surface area contributed by atoms with Crippen LogP contribution in [-0.2, 0) is 16.0 Å². The van der Waals surface area contributed by atoms with Crippen LogP contribution in [-0.4, -0.2) is 18.5 Å². The fourth-order valence-electron chi connectivity index (χ4n) is 2.83. The van der Waals surface area contributed by atoms with Crippen LogP contribution in [0.1, 0.15) is 35.7 Å². The van der Waals surface area contributed by atoms with Crippen LogP contribution in [0.4, 0.5) is 5.69 Å². The van der Waals surface area contributed by atoms with Crippen LogP contribution in [0.5, 0.6) is 11.5 Å². The van der Waals surface area contributed by atoms with Crippen LogP contribution in [0.3, 0.4) is 0 Å². The van der Waals surface area contributed by atoms with Crippen molar-refractivity contribution in [3.63, 3.8) is 0 Å². The van der Waals surface area contributed by atoms with Gasteiger partial charge >= 0.3 is 5.97 Å². The number of anilines is 1. The van der Waals surface area contributed by atoms with Crippen LogP contribution in [0.2, 0.25) is 0 Å². The number of ether oxygens (including phenoxy) is 2. The van der Waals surface area contributed by atoms with Gasteiger partial charge in [0.25, 0.3) is 5.91 Å². The minimum absolute atomic E-state index is 0.349. The summed E-state index contributed by atoms with van der Waals surface area (Å²) < 4.78 is 10.8. The monoisotopic (exact) mass is 403 g/mol. The second-order valence-corrected chi connectivity index (χ2v) is 6.86. The van der Waals surface area contributed by atoms with E-state index in [-0.39, 0.29) is 12.5 Å². The molecule has 5 nitrogen and oxygen atoms in total. The quantitative estimate of drug-likeness (QED) is 0.471. The molecule has 0 saturated carbocycles. The number of nitrogens with one attached hydrogen (secondary N) is 1. The number of carbonyl (C=O) groups excluding carboxylic acids is 2. The molecule has 0 aliphatic heterocycles. The lowest BCUT2D eigenvalue weighted by molar-refractivity contribution is -0.119. The maximum absolute atomic E-state index is 12.2. The summed E-state index contributed by atoms with van der Waals surface area (Å²) >= 11 is 0. The predicted octanol–water partition coefficient (Wildman–Crippen LogP) is 5.62. The summed E-state index contributed by atoms with van der Waals surface area (Å²) in [6.45, 7) is 1.81. The Hall–Kier alpha value is -3.60. The van der Waals surface area contributed by atoms with E-state index in [4.69, 9.17) is 9.47 Å². The molecule has 154 valence electrons. The molecule has 3 aromatic carbocycles. The van der Waals surface area contributed by atoms with E-state index in [1.165, 1.54) is 5.56 Å². The normalized spacial score (nSPS) is 10.3. The number of benzene rings is 3. The van der Waals surface area contributed by atoms with Gasteiger partial charge in [0.05, 0.1) is 5.56 Å². The van der Waals surface area contributed by atoms with Crippen molar-refractivity contribution in [1.82, 2.24) is 0 Å². The SMILES string of the molecule is CCCCc1ccc(NC(=O)COC(=O)c2ccc(Oc3ccccc3)cc2)cc1. The number of amides is 1. The van der Waals surface area contributed by atoms with Crippen molar-refractivity contribution >= 4 is 17.6 Å². The molecule has 1 N–H and O–H groups in total. The third-order valence-electron chi connectivity index (χ3n) is 4.46. The summed E-state index contributed by atoms with van der Waals surface area (Å²) in [5.41, 5.74) is 2.27. The predicted molar refractivity (Wildman–Crippen MR) is 117 cm³/mol. The molecule has 0 fully saturated rings. The molecule has 30 heavy (non-hydrogen) atoms. The minimum Gasteiger partial charge on any atom is -0.457 e. The number of hydrogen-bond acceptors (Lipinski definition) is 4. The second-order valence-electron chi connectivity index (χ2n) is 6.86.